The van der Waals surface area contributed by atoms with Gasteiger partial charge in [0.15, 0.2) is 0 Å². The molecule has 21 heavy (non-hydrogen) atoms. The summed E-state index contributed by atoms with van der Waals surface area (Å²) in [4.78, 5) is 16.7. The molecule has 0 aromatic carbocycles. The van der Waals surface area contributed by atoms with Crippen molar-refractivity contribution in [2.75, 3.05) is 39.5 Å². The molecule has 2 fully saturated rings. The summed E-state index contributed by atoms with van der Waals surface area (Å²) in [5.41, 5.74) is 1.25. The van der Waals surface area contributed by atoms with E-state index < -0.39 is 0 Å². The van der Waals surface area contributed by atoms with Crippen LogP contribution in [0.25, 0.3) is 0 Å². The second-order valence-electron chi connectivity index (χ2n) is 6.92. The highest BCUT2D eigenvalue weighted by molar-refractivity contribution is 5.94. The number of likely N-dealkylation sites (N-methyl/N-ethyl adjacent to an activating group) is 2. The van der Waals surface area contributed by atoms with Gasteiger partial charge in [0.25, 0.3) is 0 Å². The predicted octanol–water partition coefficient (Wildman–Crippen LogP) is 0.868. The molecule has 1 aromatic heterocycles. The van der Waals surface area contributed by atoms with Crippen LogP contribution in [0.5, 0.6) is 0 Å². The number of carbonyl (C=O) groups excluding carboxylic acids is 1. The zero-order valence-electron chi connectivity index (χ0n) is 13.2. The summed E-state index contributed by atoms with van der Waals surface area (Å²) in [7, 11) is 6.13. The summed E-state index contributed by atoms with van der Waals surface area (Å²) in [6.07, 6.45) is 7.20. The number of aromatic nitrogens is 2. The average Bonchev–Trinajstić information content (AvgIpc) is 2.87. The molecule has 6 nitrogen and oxygen atoms in total. The first-order valence-corrected chi connectivity index (χ1v) is 7.66. The summed E-state index contributed by atoms with van der Waals surface area (Å²) in [5, 5.41) is 7.30. The van der Waals surface area contributed by atoms with E-state index in [2.05, 4.69) is 27.3 Å². The lowest BCUT2D eigenvalue weighted by molar-refractivity contribution is -0.120. The molecule has 1 amide bonds. The molecule has 1 N–H and O–H groups in total. The SMILES string of the molecule is CN(C)CCn1cc(NC(=O)C2CC3(CC3)CN2C)cn1. The third-order valence-electron chi connectivity index (χ3n) is 4.68. The van der Waals surface area contributed by atoms with Crippen LogP contribution < -0.4 is 5.32 Å². The Kier molecular flexibility index (Phi) is 3.75. The zero-order chi connectivity index (χ0) is 15.0. The second-order valence-corrected chi connectivity index (χ2v) is 6.92. The Hall–Kier alpha value is -1.40. The minimum absolute atomic E-state index is 0.0117. The van der Waals surface area contributed by atoms with Crippen molar-refractivity contribution in [2.24, 2.45) is 5.41 Å². The molecule has 1 atom stereocenters. The number of rotatable bonds is 5. The number of anilines is 1. The number of amides is 1. The van der Waals surface area contributed by atoms with Crippen molar-refractivity contribution >= 4 is 11.6 Å². The Morgan fingerprint density at radius 2 is 2.29 bits per heavy atom. The minimum Gasteiger partial charge on any atom is -0.322 e. The molecule has 2 aliphatic rings. The van der Waals surface area contributed by atoms with Crippen molar-refractivity contribution in [2.45, 2.75) is 31.8 Å². The number of carbonyl (C=O) groups is 1. The van der Waals surface area contributed by atoms with Gasteiger partial charge in [0, 0.05) is 19.3 Å². The van der Waals surface area contributed by atoms with Gasteiger partial charge < -0.3 is 10.2 Å². The lowest BCUT2D eigenvalue weighted by Crippen LogP contribution is -2.36. The van der Waals surface area contributed by atoms with E-state index in [9.17, 15) is 4.79 Å². The molecule has 0 bridgehead atoms. The summed E-state index contributed by atoms with van der Waals surface area (Å²) >= 11 is 0. The fourth-order valence-electron chi connectivity index (χ4n) is 3.18. The summed E-state index contributed by atoms with van der Waals surface area (Å²) in [6.45, 7) is 2.82. The molecule has 1 saturated heterocycles. The van der Waals surface area contributed by atoms with Gasteiger partial charge in [-0.1, -0.05) is 0 Å². The van der Waals surface area contributed by atoms with Gasteiger partial charge in [-0.3, -0.25) is 14.4 Å². The minimum atomic E-state index is 0.0117. The molecule has 1 aliphatic carbocycles. The molecular formula is C15H25N5O. The molecule has 1 saturated carbocycles. The van der Waals surface area contributed by atoms with Crippen LogP contribution in [0.2, 0.25) is 0 Å². The number of likely N-dealkylation sites (tertiary alicyclic amines) is 1. The van der Waals surface area contributed by atoms with Crippen molar-refractivity contribution in [3.05, 3.63) is 12.4 Å². The monoisotopic (exact) mass is 291 g/mol. The second kappa shape index (κ2) is 5.42. The van der Waals surface area contributed by atoms with Gasteiger partial charge >= 0.3 is 0 Å². The van der Waals surface area contributed by atoms with Gasteiger partial charge in [-0.15, -0.1) is 0 Å². The zero-order valence-corrected chi connectivity index (χ0v) is 13.2. The number of hydrogen-bond donors (Lipinski definition) is 1. The molecule has 1 unspecified atom stereocenters. The molecule has 1 aliphatic heterocycles. The van der Waals surface area contributed by atoms with Crippen LogP contribution in [0.15, 0.2) is 12.4 Å². The lowest BCUT2D eigenvalue weighted by Gasteiger charge is -2.17. The fourth-order valence-corrected chi connectivity index (χ4v) is 3.18. The van der Waals surface area contributed by atoms with Crippen LogP contribution in [-0.2, 0) is 11.3 Å². The van der Waals surface area contributed by atoms with E-state index >= 15 is 0 Å². The number of hydrogen-bond acceptors (Lipinski definition) is 4. The Bertz CT molecular complexity index is 520. The molecule has 6 heteroatoms. The van der Waals surface area contributed by atoms with Gasteiger partial charge in [0.1, 0.15) is 0 Å². The third kappa shape index (κ3) is 3.27. The lowest BCUT2D eigenvalue weighted by atomic mass is 10.0. The highest BCUT2D eigenvalue weighted by Gasteiger charge is 2.52. The highest BCUT2D eigenvalue weighted by atomic mass is 16.2. The Balaban J connectivity index is 1.55. The van der Waals surface area contributed by atoms with Gasteiger partial charge in [-0.2, -0.15) is 5.10 Å². The van der Waals surface area contributed by atoms with Crippen LogP contribution in [0.4, 0.5) is 5.69 Å². The fraction of sp³-hybridized carbons (Fsp3) is 0.733. The summed E-state index contributed by atoms with van der Waals surface area (Å²) < 4.78 is 1.87. The molecule has 1 aromatic rings. The van der Waals surface area contributed by atoms with Crippen molar-refractivity contribution in [3.8, 4) is 0 Å². The largest absolute Gasteiger partial charge is 0.322 e. The standard InChI is InChI=1S/C15H25N5O/c1-18(2)6-7-20-10-12(9-16-20)17-14(21)13-8-15(4-5-15)11-19(13)3/h9-10,13H,4-8,11H2,1-3H3,(H,17,21). The van der Waals surface area contributed by atoms with Gasteiger partial charge in [-0.05, 0) is 45.8 Å². The van der Waals surface area contributed by atoms with E-state index in [4.69, 9.17) is 0 Å². The Morgan fingerprint density at radius 3 is 2.90 bits per heavy atom. The Morgan fingerprint density at radius 1 is 1.52 bits per heavy atom. The molecule has 1 spiro atoms. The van der Waals surface area contributed by atoms with Crippen molar-refractivity contribution < 1.29 is 4.79 Å². The summed E-state index contributed by atoms with van der Waals surface area (Å²) in [6, 6.07) is 0.0117. The molecule has 2 heterocycles. The van der Waals surface area contributed by atoms with Crippen molar-refractivity contribution in [3.63, 3.8) is 0 Å². The number of nitrogens with zero attached hydrogens (tertiary/aromatic N) is 4. The van der Waals surface area contributed by atoms with E-state index in [1.54, 1.807) is 6.20 Å². The van der Waals surface area contributed by atoms with Crippen LogP contribution in [0.3, 0.4) is 0 Å². The first-order valence-electron chi connectivity index (χ1n) is 7.66. The third-order valence-corrected chi connectivity index (χ3v) is 4.68. The van der Waals surface area contributed by atoms with Gasteiger partial charge in [-0.25, -0.2) is 0 Å². The maximum atomic E-state index is 12.4. The van der Waals surface area contributed by atoms with E-state index in [1.807, 2.05) is 25.0 Å². The van der Waals surface area contributed by atoms with Crippen molar-refractivity contribution in [1.29, 1.82) is 0 Å². The average molecular weight is 291 g/mol. The summed E-state index contributed by atoms with van der Waals surface area (Å²) in [5.74, 6) is 0.105. The van der Waals surface area contributed by atoms with Crippen molar-refractivity contribution in [1.82, 2.24) is 19.6 Å². The van der Waals surface area contributed by atoms with Crippen LogP contribution in [0, 0.1) is 5.41 Å². The molecule has 3 rings (SSSR count). The molecular weight excluding hydrogens is 266 g/mol. The van der Waals surface area contributed by atoms with Gasteiger partial charge in [0.2, 0.25) is 5.91 Å². The quantitative estimate of drug-likeness (QED) is 0.874. The highest BCUT2D eigenvalue weighted by Crippen LogP contribution is 2.54. The van der Waals surface area contributed by atoms with Crippen LogP contribution in [0.1, 0.15) is 19.3 Å². The molecule has 0 radical (unpaired) electrons. The first-order chi connectivity index (χ1) is 9.97. The predicted molar refractivity (Wildman–Crippen MR) is 82.1 cm³/mol. The van der Waals surface area contributed by atoms with E-state index in [1.165, 1.54) is 12.8 Å². The maximum Gasteiger partial charge on any atom is 0.241 e. The van der Waals surface area contributed by atoms with Crippen LogP contribution >= 0.6 is 0 Å². The number of nitrogens with one attached hydrogen (secondary N) is 1. The van der Waals surface area contributed by atoms with E-state index in [0.717, 1.165) is 31.7 Å². The van der Waals surface area contributed by atoms with Gasteiger partial charge in [0.05, 0.1) is 24.5 Å². The van der Waals surface area contributed by atoms with E-state index in [-0.39, 0.29) is 11.9 Å². The topological polar surface area (TPSA) is 53.4 Å². The van der Waals surface area contributed by atoms with E-state index in [0.29, 0.717) is 5.41 Å². The smallest absolute Gasteiger partial charge is 0.241 e. The normalized spacial score (nSPS) is 23.9. The first kappa shape index (κ1) is 14.5. The Labute approximate surface area is 126 Å². The molecule has 116 valence electrons. The maximum absolute atomic E-state index is 12.4. The van der Waals surface area contributed by atoms with Crippen LogP contribution in [-0.4, -0.2) is 65.8 Å².